The van der Waals surface area contributed by atoms with E-state index < -0.39 is 5.82 Å². The van der Waals surface area contributed by atoms with Crippen molar-refractivity contribution in [2.24, 2.45) is 0 Å². The lowest BCUT2D eigenvalue weighted by Crippen LogP contribution is -2.10. The Morgan fingerprint density at radius 1 is 1.10 bits per heavy atom. The van der Waals surface area contributed by atoms with E-state index in [0.717, 1.165) is 10.5 Å². The van der Waals surface area contributed by atoms with Crippen molar-refractivity contribution in [1.82, 2.24) is 5.32 Å². The van der Waals surface area contributed by atoms with E-state index in [1.165, 1.54) is 23.9 Å². The first-order chi connectivity index (χ1) is 9.74. The zero-order valence-electron chi connectivity index (χ0n) is 10.5. The molecule has 0 aliphatic carbocycles. The van der Waals surface area contributed by atoms with Crippen molar-refractivity contribution < 1.29 is 14.0 Å². The van der Waals surface area contributed by atoms with Gasteiger partial charge in [0.1, 0.15) is 5.82 Å². The third-order valence-electron chi connectivity index (χ3n) is 2.67. The van der Waals surface area contributed by atoms with Crippen molar-refractivity contribution in [2.45, 2.75) is 16.3 Å². The Morgan fingerprint density at radius 3 is 2.65 bits per heavy atom. The Balaban J connectivity index is 2.30. The lowest BCUT2D eigenvalue weighted by Gasteiger charge is -2.10. The second kappa shape index (κ2) is 6.86. The zero-order chi connectivity index (χ0) is 14.4. The van der Waals surface area contributed by atoms with Crippen LogP contribution in [0.2, 0.25) is 0 Å². The minimum absolute atomic E-state index is 0.313. The van der Waals surface area contributed by atoms with Crippen LogP contribution in [0.25, 0.3) is 0 Å². The first kappa shape index (κ1) is 14.3. The first-order valence-corrected chi connectivity index (χ1v) is 6.73. The molecule has 0 fully saturated rings. The Labute approximate surface area is 120 Å². The van der Waals surface area contributed by atoms with Gasteiger partial charge in [0.2, 0.25) is 6.41 Å². The van der Waals surface area contributed by atoms with E-state index in [0.29, 0.717) is 29.7 Å². The van der Waals surface area contributed by atoms with Gasteiger partial charge in [-0.05, 0) is 29.8 Å². The zero-order valence-corrected chi connectivity index (χ0v) is 11.3. The smallest absolute Gasteiger partial charge is 0.207 e. The van der Waals surface area contributed by atoms with Crippen molar-refractivity contribution in [3.8, 4) is 0 Å². The van der Waals surface area contributed by atoms with Crippen molar-refractivity contribution in [3.63, 3.8) is 0 Å². The van der Waals surface area contributed by atoms with Crippen molar-refractivity contribution in [3.05, 3.63) is 59.4 Å². The van der Waals surface area contributed by atoms with Gasteiger partial charge in [0.25, 0.3) is 0 Å². The predicted molar refractivity (Wildman–Crippen MR) is 75.3 cm³/mol. The van der Waals surface area contributed by atoms with E-state index >= 15 is 0 Å². The van der Waals surface area contributed by atoms with Gasteiger partial charge in [-0.25, -0.2) is 4.39 Å². The number of carbonyl (C=O) groups excluding carboxylic acids is 2. The van der Waals surface area contributed by atoms with Crippen LogP contribution in [0.3, 0.4) is 0 Å². The van der Waals surface area contributed by atoms with E-state index in [1.54, 1.807) is 6.07 Å². The van der Waals surface area contributed by atoms with Gasteiger partial charge in [-0.1, -0.05) is 30.0 Å². The van der Waals surface area contributed by atoms with Crippen LogP contribution < -0.4 is 5.32 Å². The molecule has 2 aromatic rings. The highest BCUT2D eigenvalue weighted by molar-refractivity contribution is 7.99. The molecular weight excluding hydrogens is 277 g/mol. The molecule has 0 spiro atoms. The van der Waals surface area contributed by atoms with Gasteiger partial charge in [-0.3, -0.25) is 9.59 Å². The number of nitrogens with one attached hydrogen (secondary N) is 1. The van der Waals surface area contributed by atoms with Crippen molar-refractivity contribution in [2.75, 3.05) is 0 Å². The summed E-state index contributed by atoms with van der Waals surface area (Å²) in [5.41, 5.74) is 1.25. The molecule has 0 unspecified atom stereocenters. The predicted octanol–water partition coefficient (Wildman–Crippen LogP) is 3.04. The molecule has 102 valence electrons. The van der Waals surface area contributed by atoms with E-state index in [4.69, 9.17) is 0 Å². The molecule has 0 heterocycles. The SMILES string of the molecule is O=CNCc1ccccc1Sc1ccc(F)cc1C=O. The summed E-state index contributed by atoms with van der Waals surface area (Å²) in [6, 6.07) is 11.6. The van der Waals surface area contributed by atoms with Crippen LogP contribution in [0, 0.1) is 5.82 Å². The number of aldehydes is 1. The van der Waals surface area contributed by atoms with E-state index in [1.807, 2.05) is 24.3 Å². The fraction of sp³-hybridized carbons (Fsp3) is 0.0667. The van der Waals surface area contributed by atoms with Crippen molar-refractivity contribution in [1.29, 1.82) is 0 Å². The summed E-state index contributed by atoms with van der Waals surface area (Å²) in [6.07, 6.45) is 1.27. The van der Waals surface area contributed by atoms with Gasteiger partial charge >= 0.3 is 0 Å². The lowest BCUT2D eigenvalue weighted by atomic mass is 10.2. The highest BCUT2D eigenvalue weighted by atomic mass is 32.2. The Morgan fingerprint density at radius 2 is 1.90 bits per heavy atom. The average Bonchev–Trinajstić information content (AvgIpc) is 2.48. The first-order valence-electron chi connectivity index (χ1n) is 5.92. The van der Waals surface area contributed by atoms with Crippen LogP contribution in [0.4, 0.5) is 4.39 Å². The molecule has 5 heteroatoms. The molecule has 0 aliphatic heterocycles. The minimum Gasteiger partial charge on any atom is -0.355 e. The molecule has 20 heavy (non-hydrogen) atoms. The van der Waals surface area contributed by atoms with Crippen LogP contribution >= 0.6 is 11.8 Å². The van der Waals surface area contributed by atoms with E-state index in [-0.39, 0.29) is 0 Å². The van der Waals surface area contributed by atoms with Crippen LogP contribution in [-0.2, 0) is 11.3 Å². The van der Waals surface area contributed by atoms with E-state index in [2.05, 4.69) is 5.32 Å². The molecule has 0 saturated carbocycles. The topological polar surface area (TPSA) is 46.2 Å². The standard InChI is InChI=1S/C15H12FNO2S/c16-13-5-6-15(12(7-13)9-18)20-14-4-2-1-3-11(14)8-17-10-19/h1-7,9-10H,8H2,(H,17,19). The van der Waals surface area contributed by atoms with Crippen molar-refractivity contribution >= 4 is 24.5 Å². The minimum atomic E-state index is -0.438. The molecule has 0 atom stereocenters. The maximum absolute atomic E-state index is 13.1. The molecule has 2 rings (SSSR count). The number of halogens is 1. The number of rotatable bonds is 6. The number of carbonyl (C=O) groups is 2. The van der Waals surface area contributed by atoms with Crippen LogP contribution in [-0.4, -0.2) is 12.7 Å². The van der Waals surface area contributed by atoms with E-state index in [9.17, 15) is 14.0 Å². The van der Waals surface area contributed by atoms with Gasteiger partial charge in [-0.15, -0.1) is 0 Å². The molecule has 2 aromatic carbocycles. The summed E-state index contributed by atoms with van der Waals surface area (Å²) in [5.74, 6) is -0.438. The van der Waals surface area contributed by atoms with Gasteiger partial charge < -0.3 is 5.32 Å². The maximum Gasteiger partial charge on any atom is 0.207 e. The molecule has 0 saturated heterocycles. The Hall–Kier alpha value is -2.14. The third-order valence-corrected chi connectivity index (χ3v) is 3.88. The highest BCUT2D eigenvalue weighted by Crippen LogP contribution is 2.32. The van der Waals surface area contributed by atoms with Crippen LogP contribution in [0.15, 0.2) is 52.3 Å². The summed E-state index contributed by atoms with van der Waals surface area (Å²) in [4.78, 5) is 23.0. The maximum atomic E-state index is 13.1. The third kappa shape index (κ3) is 3.45. The fourth-order valence-electron chi connectivity index (χ4n) is 1.72. The fourth-order valence-corrected chi connectivity index (χ4v) is 2.74. The second-order valence-electron chi connectivity index (χ2n) is 4.01. The lowest BCUT2D eigenvalue weighted by molar-refractivity contribution is -0.109. The summed E-state index contributed by atoms with van der Waals surface area (Å²) >= 11 is 1.37. The molecule has 0 radical (unpaired) electrons. The molecule has 1 N–H and O–H groups in total. The summed E-state index contributed by atoms with van der Waals surface area (Å²) in [5, 5.41) is 2.61. The average molecular weight is 289 g/mol. The molecule has 0 bridgehead atoms. The van der Waals surface area contributed by atoms with Crippen LogP contribution in [0.1, 0.15) is 15.9 Å². The van der Waals surface area contributed by atoms with Gasteiger partial charge in [0, 0.05) is 21.9 Å². The normalized spacial score (nSPS) is 10.1. The van der Waals surface area contributed by atoms with Gasteiger partial charge in [0.15, 0.2) is 6.29 Å². The quantitative estimate of drug-likeness (QED) is 0.831. The number of hydrogen-bond acceptors (Lipinski definition) is 3. The highest BCUT2D eigenvalue weighted by Gasteiger charge is 2.08. The molecular formula is C15H12FNO2S. The van der Waals surface area contributed by atoms with Gasteiger partial charge in [0.05, 0.1) is 0 Å². The summed E-state index contributed by atoms with van der Waals surface area (Å²) in [7, 11) is 0. The second-order valence-corrected chi connectivity index (χ2v) is 5.09. The summed E-state index contributed by atoms with van der Waals surface area (Å²) < 4.78 is 13.1. The van der Waals surface area contributed by atoms with Crippen LogP contribution in [0.5, 0.6) is 0 Å². The molecule has 3 nitrogen and oxygen atoms in total. The largest absolute Gasteiger partial charge is 0.355 e. The number of amides is 1. The number of benzene rings is 2. The Bertz CT molecular complexity index is 631. The molecule has 0 aliphatic rings. The molecule has 0 aromatic heterocycles. The Kier molecular flexibility index (Phi) is 4.90. The summed E-state index contributed by atoms with van der Waals surface area (Å²) in [6.45, 7) is 0.407. The molecule has 1 amide bonds. The monoisotopic (exact) mass is 289 g/mol. The van der Waals surface area contributed by atoms with Gasteiger partial charge in [-0.2, -0.15) is 0 Å². The number of hydrogen-bond donors (Lipinski definition) is 1.